The van der Waals surface area contributed by atoms with Gasteiger partial charge in [0.05, 0.1) is 10.6 Å². The zero-order valence-electron chi connectivity index (χ0n) is 17.2. The normalized spacial score (nSPS) is 15.5. The first-order chi connectivity index (χ1) is 15.1. The number of urea groups is 1. The monoisotopic (exact) mass is 470 g/mol. The molecule has 164 valence electrons. The second-order valence-corrected chi connectivity index (χ2v) is 9.30. The van der Waals surface area contributed by atoms with Crippen LogP contribution in [0.2, 0.25) is 5.02 Å². The van der Waals surface area contributed by atoms with Gasteiger partial charge in [0.1, 0.15) is 5.70 Å². The molecule has 8 nitrogen and oxygen atoms in total. The van der Waals surface area contributed by atoms with Crippen LogP contribution in [0.4, 0.5) is 10.5 Å². The van der Waals surface area contributed by atoms with E-state index in [1.807, 2.05) is 24.5 Å². The van der Waals surface area contributed by atoms with Crippen LogP contribution in [-0.2, 0) is 14.8 Å². The molecule has 2 heterocycles. The number of primary sulfonamides is 1. The third kappa shape index (κ3) is 3.93. The summed E-state index contributed by atoms with van der Waals surface area (Å²) in [5.41, 5.74) is 3.71. The number of imide groups is 1. The molecule has 3 amide bonds. The number of aryl methyl sites for hydroxylation is 1. The van der Waals surface area contributed by atoms with Crippen molar-refractivity contribution < 1.29 is 18.0 Å². The van der Waals surface area contributed by atoms with Gasteiger partial charge >= 0.3 is 6.03 Å². The SMILES string of the molecule is Cc1cc(C=C2NC(=O)N(c3ccc(Cl)cc3)C2=O)c(C)n1-c1ccc(S(N)(=O)=O)cc1. The van der Waals surface area contributed by atoms with Crippen molar-refractivity contribution in [1.29, 1.82) is 0 Å². The number of carbonyl (C=O) groups is 2. The second kappa shape index (κ2) is 7.94. The Morgan fingerprint density at radius 3 is 2.16 bits per heavy atom. The molecule has 3 N–H and O–H groups in total. The average molecular weight is 471 g/mol. The summed E-state index contributed by atoms with van der Waals surface area (Å²) in [5.74, 6) is -0.473. The van der Waals surface area contributed by atoms with Gasteiger partial charge in [-0.1, -0.05) is 11.6 Å². The van der Waals surface area contributed by atoms with E-state index in [-0.39, 0.29) is 10.6 Å². The molecule has 1 fully saturated rings. The Labute approximate surface area is 189 Å². The number of anilines is 1. The van der Waals surface area contributed by atoms with E-state index >= 15 is 0 Å². The van der Waals surface area contributed by atoms with Gasteiger partial charge in [-0.3, -0.25) is 4.79 Å². The maximum atomic E-state index is 12.9. The quantitative estimate of drug-likeness (QED) is 0.448. The Balaban J connectivity index is 1.68. The molecule has 2 aromatic carbocycles. The molecule has 0 atom stereocenters. The minimum Gasteiger partial charge on any atom is -0.318 e. The highest BCUT2D eigenvalue weighted by atomic mass is 35.5. The molecular weight excluding hydrogens is 452 g/mol. The lowest BCUT2D eigenvalue weighted by Gasteiger charge is -2.11. The molecule has 0 unspecified atom stereocenters. The lowest BCUT2D eigenvalue weighted by molar-refractivity contribution is -0.113. The predicted octanol–water partition coefficient (Wildman–Crippen LogP) is 3.49. The van der Waals surface area contributed by atoms with E-state index in [9.17, 15) is 18.0 Å². The maximum absolute atomic E-state index is 12.9. The summed E-state index contributed by atoms with van der Waals surface area (Å²) < 4.78 is 24.9. The summed E-state index contributed by atoms with van der Waals surface area (Å²) in [6, 6.07) is 13.9. The molecule has 0 radical (unpaired) electrons. The van der Waals surface area contributed by atoms with Crippen LogP contribution in [0.15, 0.2) is 65.2 Å². The Bertz CT molecular complexity index is 1370. The van der Waals surface area contributed by atoms with Crippen LogP contribution in [0.25, 0.3) is 11.8 Å². The molecule has 1 saturated heterocycles. The zero-order chi connectivity index (χ0) is 23.2. The van der Waals surface area contributed by atoms with Crippen LogP contribution >= 0.6 is 11.6 Å². The molecular formula is C22H19ClN4O4S. The lowest BCUT2D eigenvalue weighted by Crippen LogP contribution is -2.30. The number of nitrogens with zero attached hydrogens (tertiary/aromatic N) is 2. The summed E-state index contributed by atoms with van der Waals surface area (Å²) in [5, 5.41) is 8.28. The number of hydrogen-bond donors (Lipinski definition) is 2. The standard InChI is InChI=1S/C22H19ClN4O4S/c1-13-11-15(14(2)26(13)17-7-9-19(10-8-17)32(24,30)31)12-20-21(28)27(22(29)25-20)18-5-3-16(23)4-6-18/h3-12H,1-2H3,(H,25,29)(H2,24,30,31). The third-order valence-electron chi connectivity index (χ3n) is 5.16. The van der Waals surface area contributed by atoms with Gasteiger partial charge in [0.25, 0.3) is 5.91 Å². The smallest absolute Gasteiger partial charge is 0.318 e. The number of hydrogen-bond acceptors (Lipinski definition) is 4. The number of rotatable bonds is 4. The number of aromatic nitrogens is 1. The van der Waals surface area contributed by atoms with E-state index in [1.165, 1.54) is 12.1 Å². The largest absolute Gasteiger partial charge is 0.333 e. The second-order valence-electron chi connectivity index (χ2n) is 7.31. The summed E-state index contributed by atoms with van der Waals surface area (Å²) in [6.45, 7) is 3.75. The van der Waals surface area contributed by atoms with Gasteiger partial charge in [0.2, 0.25) is 10.0 Å². The van der Waals surface area contributed by atoms with Gasteiger partial charge in [-0.25, -0.2) is 23.3 Å². The fraction of sp³-hybridized carbons (Fsp3) is 0.0909. The summed E-state index contributed by atoms with van der Waals surface area (Å²) in [7, 11) is -3.78. The number of carbonyl (C=O) groups excluding carboxylic acids is 2. The molecule has 1 aliphatic rings. The molecule has 0 spiro atoms. The minimum atomic E-state index is -3.78. The molecule has 0 saturated carbocycles. The van der Waals surface area contributed by atoms with Crippen molar-refractivity contribution in [3.05, 3.63) is 82.3 Å². The van der Waals surface area contributed by atoms with Gasteiger partial charge in [0.15, 0.2) is 0 Å². The van der Waals surface area contributed by atoms with E-state index in [0.29, 0.717) is 10.7 Å². The Kier molecular flexibility index (Phi) is 5.41. The number of benzene rings is 2. The van der Waals surface area contributed by atoms with E-state index in [2.05, 4.69) is 5.32 Å². The summed E-state index contributed by atoms with van der Waals surface area (Å²) >= 11 is 5.89. The molecule has 1 aliphatic heterocycles. The van der Waals surface area contributed by atoms with Gasteiger partial charge in [-0.05, 0) is 80.1 Å². The number of amides is 3. The molecule has 4 rings (SSSR count). The topological polar surface area (TPSA) is 114 Å². The molecule has 0 aliphatic carbocycles. The maximum Gasteiger partial charge on any atom is 0.333 e. The average Bonchev–Trinajstić information content (AvgIpc) is 3.17. The van der Waals surface area contributed by atoms with Crippen LogP contribution in [0.1, 0.15) is 17.0 Å². The van der Waals surface area contributed by atoms with Crippen molar-refractivity contribution in [3.63, 3.8) is 0 Å². The van der Waals surface area contributed by atoms with Gasteiger partial charge in [0, 0.05) is 22.1 Å². The Morgan fingerprint density at radius 1 is 0.969 bits per heavy atom. The molecule has 10 heteroatoms. The fourth-order valence-electron chi connectivity index (χ4n) is 3.63. The van der Waals surface area contributed by atoms with Crippen LogP contribution in [0.5, 0.6) is 0 Å². The first-order valence-electron chi connectivity index (χ1n) is 9.51. The Hall–Kier alpha value is -3.40. The van der Waals surface area contributed by atoms with Crippen LogP contribution in [0, 0.1) is 13.8 Å². The number of sulfonamides is 1. The van der Waals surface area contributed by atoms with E-state index in [0.717, 1.165) is 27.5 Å². The number of nitrogens with one attached hydrogen (secondary N) is 1. The van der Waals surface area contributed by atoms with Crippen molar-refractivity contribution in [2.45, 2.75) is 18.7 Å². The van der Waals surface area contributed by atoms with Crippen molar-refractivity contribution in [2.24, 2.45) is 5.14 Å². The highest BCUT2D eigenvalue weighted by molar-refractivity contribution is 7.89. The van der Waals surface area contributed by atoms with Gasteiger partial charge in [-0.15, -0.1) is 0 Å². The van der Waals surface area contributed by atoms with Crippen molar-refractivity contribution in [3.8, 4) is 5.69 Å². The predicted molar refractivity (Wildman–Crippen MR) is 122 cm³/mol. The van der Waals surface area contributed by atoms with Crippen molar-refractivity contribution in [2.75, 3.05) is 4.90 Å². The third-order valence-corrected chi connectivity index (χ3v) is 6.34. The van der Waals surface area contributed by atoms with E-state index in [1.54, 1.807) is 42.5 Å². The molecule has 1 aromatic heterocycles. The van der Waals surface area contributed by atoms with Crippen molar-refractivity contribution in [1.82, 2.24) is 9.88 Å². The van der Waals surface area contributed by atoms with Crippen LogP contribution < -0.4 is 15.4 Å². The minimum absolute atomic E-state index is 0.0209. The number of nitrogens with two attached hydrogens (primary N) is 1. The number of halogens is 1. The first kappa shape index (κ1) is 21.8. The highest BCUT2D eigenvalue weighted by Gasteiger charge is 2.35. The molecule has 3 aromatic rings. The Morgan fingerprint density at radius 2 is 1.56 bits per heavy atom. The molecule has 32 heavy (non-hydrogen) atoms. The van der Waals surface area contributed by atoms with Crippen LogP contribution in [-0.4, -0.2) is 24.9 Å². The first-order valence-corrected chi connectivity index (χ1v) is 11.4. The zero-order valence-corrected chi connectivity index (χ0v) is 18.7. The van der Waals surface area contributed by atoms with Crippen molar-refractivity contribution >= 4 is 45.3 Å². The summed E-state index contributed by atoms with van der Waals surface area (Å²) in [6.07, 6.45) is 1.62. The van der Waals surface area contributed by atoms with E-state index < -0.39 is 22.0 Å². The van der Waals surface area contributed by atoms with Gasteiger partial charge in [-0.2, -0.15) is 0 Å². The van der Waals surface area contributed by atoms with Gasteiger partial charge < -0.3 is 9.88 Å². The highest BCUT2D eigenvalue weighted by Crippen LogP contribution is 2.27. The fourth-order valence-corrected chi connectivity index (χ4v) is 4.27. The lowest BCUT2D eigenvalue weighted by atomic mass is 10.2. The molecule has 0 bridgehead atoms. The van der Waals surface area contributed by atoms with Crippen LogP contribution in [0.3, 0.4) is 0 Å². The summed E-state index contributed by atoms with van der Waals surface area (Å²) in [4.78, 5) is 26.4. The van der Waals surface area contributed by atoms with E-state index in [4.69, 9.17) is 16.7 Å².